The Balaban J connectivity index is 1.50. The van der Waals surface area contributed by atoms with Gasteiger partial charge in [-0.3, -0.25) is 0 Å². The molecule has 0 saturated carbocycles. The van der Waals surface area contributed by atoms with Gasteiger partial charge in [0.25, 0.3) is 0 Å². The van der Waals surface area contributed by atoms with E-state index in [0.29, 0.717) is 0 Å². The molecule has 1 aromatic carbocycles. The molecule has 24 heavy (non-hydrogen) atoms. The summed E-state index contributed by atoms with van der Waals surface area (Å²) in [7, 11) is 0. The van der Waals surface area contributed by atoms with Crippen LogP contribution in [0.15, 0.2) is 61.4 Å². The molecular weight excluding hydrogens is 318 g/mol. The number of hydrogen-bond donors (Lipinski definition) is 1. The van der Waals surface area contributed by atoms with Crippen molar-refractivity contribution in [1.29, 1.82) is 0 Å². The van der Waals surface area contributed by atoms with E-state index >= 15 is 0 Å². The second kappa shape index (κ2) is 6.80. The van der Waals surface area contributed by atoms with Crippen LogP contribution >= 0.6 is 11.3 Å². The van der Waals surface area contributed by atoms with Crippen molar-refractivity contribution in [3.05, 3.63) is 61.4 Å². The molecule has 0 unspecified atom stereocenters. The Hall–Kier alpha value is -2.73. The van der Waals surface area contributed by atoms with Crippen molar-refractivity contribution < 1.29 is 0 Å². The lowest BCUT2D eigenvalue weighted by atomic mass is 10.2. The molecule has 0 atom stereocenters. The van der Waals surface area contributed by atoms with Crippen LogP contribution in [0.2, 0.25) is 0 Å². The molecule has 0 amide bonds. The minimum Gasteiger partial charge on any atom is -0.369 e. The summed E-state index contributed by atoms with van der Waals surface area (Å²) in [6, 6.07) is 12.5. The van der Waals surface area contributed by atoms with E-state index in [4.69, 9.17) is 0 Å². The van der Waals surface area contributed by atoms with E-state index in [1.165, 1.54) is 10.4 Å². The number of aromatic nitrogens is 4. The molecule has 6 heteroatoms. The molecule has 5 nitrogen and oxygen atoms in total. The molecule has 0 aliphatic carbocycles. The normalized spacial score (nSPS) is 11.0. The second-order valence-corrected chi connectivity index (χ2v) is 6.55. The molecular formula is C18H17N5S. The average molecular weight is 335 g/mol. The van der Waals surface area contributed by atoms with Crippen molar-refractivity contribution in [3.63, 3.8) is 0 Å². The molecule has 1 N–H and O–H groups in total. The number of fused-ring (bicyclic) bond motifs is 1. The Kier molecular flexibility index (Phi) is 4.20. The molecule has 3 heterocycles. The number of thiophene rings is 1. The monoisotopic (exact) mass is 335 g/mol. The molecule has 120 valence electrons. The fourth-order valence-electron chi connectivity index (χ4n) is 2.61. The summed E-state index contributed by atoms with van der Waals surface area (Å²) in [5.41, 5.74) is 2.21. The van der Waals surface area contributed by atoms with Crippen molar-refractivity contribution in [2.24, 2.45) is 0 Å². The summed E-state index contributed by atoms with van der Waals surface area (Å²) in [6.45, 7) is 1.81. The molecule has 3 aromatic heterocycles. The summed E-state index contributed by atoms with van der Waals surface area (Å²) in [4.78, 5) is 14.1. The lowest BCUT2D eigenvalue weighted by Crippen LogP contribution is -2.07. The third-order valence-electron chi connectivity index (χ3n) is 3.81. The van der Waals surface area contributed by atoms with Crippen molar-refractivity contribution in [1.82, 2.24) is 19.5 Å². The molecule has 4 aromatic rings. The van der Waals surface area contributed by atoms with Gasteiger partial charge in [-0.15, -0.1) is 11.3 Å². The van der Waals surface area contributed by atoms with Crippen LogP contribution in [0.25, 0.3) is 20.7 Å². The number of anilines is 1. The summed E-state index contributed by atoms with van der Waals surface area (Å²) in [5, 5.41) is 3.44. The zero-order valence-electron chi connectivity index (χ0n) is 13.1. The van der Waals surface area contributed by atoms with Crippen LogP contribution in [-0.4, -0.2) is 26.1 Å². The maximum Gasteiger partial charge on any atom is 0.147 e. The first kappa shape index (κ1) is 14.8. The van der Waals surface area contributed by atoms with E-state index in [1.807, 2.05) is 18.6 Å². The van der Waals surface area contributed by atoms with E-state index in [2.05, 4.69) is 55.2 Å². The van der Waals surface area contributed by atoms with Gasteiger partial charge in [0.2, 0.25) is 0 Å². The highest BCUT2D eigenvalue weighted by atomic mass is 32.1. The first-order valence-corrected chi connectivity index (χ1v) is 8.71. The quantitative estimate of drug-likeness (QED) is 0.540. The molecule has 0 spiro atoms. The predicted molar refractivity (Wildman–Crippen MR) is 98.2 cm³/mol. The van der Waals surface area contributed by atoms with Crippen LogP contribution in [-0.2, 0) is 6.54 Å². The molecule has 0 fully saturated rings. The topological polar surface area (TPSA) is 55.6 Å². The van der Waals surface area contributed by atoms with Gasteiger partial charge in [0, 0.05) is 30.4 Å². The molecule has 0 bridgehead atoms. The Labute approximate surface area is 144 Å². The standard InChI is InChI=1S/C18H17N5S/c1-2-5-14(6-3-1)16-11-15-17(24-16)18(22-12-21-15)20-7-4-9-23-10-8-19-13-23/h1-3,5-6,8,10-13H,4,7,9H2,(H,20,21,22). The maximum atomic E-state index is 4.42. The first-order chi connectivity index (χ1) is 11.9. The van der Waals surface area contributed by atoms with E-state index in [0.717, 1.165) is 35.5 Å². The van der Waals surface area contributed by atoms with Gasteiger partial charge >= 0.3 is 0 Å². The van der Waals surface area contributed by atoms with Crippen LogP contribution in [0.4, 0.5) is 5.82 Å². The summed E-state index contributed by atoms with van der Waals surface area (Å²) >= 11 is 1.73. The number of nitrogens with one attached hydrogen (secondary N) is 1. The van der Waals surface area contributed by atoms with Crippen LogP contribution in [0.5, 0.6) is 0 Å². The Morgan fingerprint density at radius 3 is 2.88 bits per heavy atom. The molecule has 0 radical (unpaired) electrons. The number of rotatable bonds is 6. The number of nitrogens with zero attached hydrogens (tertiary/aromatic N) is 4. The SMILES string of the molecule is c1ccc(-c2cc3ncnc(NCCCn4ccnc4)c3s2)cc1. The lowest BCUT2D eigenvalue weighted by molar-refractivity contribution is 0.660. The zero-order chi connectivity index (χ0) is 16.2. The van der Waals surface area contributed by atoms with Gasteiger partial charge in [-0.1, -0.05) is 30.3 Å². The number of imidazole rings is 1. The highest BCUT2D eigenvalue weighted by molar-refractivity contribution is 7.22. The highest BCUT2D eigenvalue weighted by Gasteiger charge is 2.09. The smallest absolute Gasteiger partial charge is 0.147 e. The summed E-state index contributed by atoms with van der Waals surface area (Å²) in [5.74, 6) is 0.915. The van der Waals surface area contributed by atoms with Gasteiger partial charge in [0.15, 0.2) is 0 Å². The Morgan fingerprint density at radius 2 is 2.04 bits per heavy atom. The Bertz CT molecular complexity index is 915. The van der Waals surface area contributed by atoms with Crippen molar-refractivity contribution >= 4 is 27.4 Å². The average Bonchev–Trinajstić information content (AvgIpc) is 3.29. The minimum atomic E-state index is 0.864. The van der Waals surface area contributed by atoms with Gasteiger partial charge in [0.1, 0.15) is 12.1 Å². The molecule has 0 aliphatic heterocycles. The third kappa shape index (κ3) is 3.14. The van der Waals surface area contributed by atoms with Gasteiger partial charge < -0.3 is 9.88 Å². The Morgan fingerprint density at radius 1 is 1.12 bits per heavy atom. The summed E-state index contributed by atoms with van der Waals surface area (Å²) in [6.07, 6.45) is 8.27. The zero-order valence-corrected chi connectivity index (χ0v) is 13.9. The molecule has 0 aliphatic rings. The van der Waals surface area contributed by atoms with Crippen LogP contribution < -0.4 is 5.32 Å². The second-order valence-electron chi connectivity index (χ2n) is 5.49. The maximum absolute atomic E-state index is 4.42. The fraction of sp³-hybridized carbons (Fsp3) is 0.167. The van der Waals surface area contributed by atoms with Crippen LogP contribution in [0, 0.1) is 0 Å². The molecule has 4 rings (SSSR count). The molecule has 0 saturated heterocycles. The minimum absolute atomic E-state index is 0.864. The summed E-state index contributed by atoms with van der Waals surface area (Å²) < 4.78 is 3.19. The highest BCUT2D eigenvalue weighted by Crippen LogP contribution is 2.35. The van der Waals surface area contributed by atoms with E-state index in [9.17, 15) is 0 Å². The number of benzene rings is 1. The first-order valence-electron chi connectivity index (χ1n) is 7.90. The van der Waals surface area contributed by atoms with Crippen molar-refractivity contribution in [2.75, 3.05) is 11.9 Å². The lowest BCUT2D eigenvalue weighted by Gasteiger charge is -2.06. The van der Waals surface area contributed by atoms with Crippen molar-refractivity contribution in [2.45, 2.75) is 13.0 Å². The fourth-order valence-corrected chi connectivity index (χ4v) is 3.69. The van der Waals surface area contributed by atoms with Crippen LogP contribution in [0.3, 0.4) is 0 Å². The number of aryl methyl sites for hydroxylation is 1. The number of hydrogen-bond acceptors (Lipinski definition) is 5. The predicted octanol–water partition coefficient (Wildman–Crippen LogP) is 4.06. The van der Waals surface area contributed by atoms with Gasteiger partial charge in [0.05, 0.1) is 16.5 Å². The van der Waals surface area contributed by atoms with Crippen molar-refractivity contribution in [3.8, 4) is 10.4 Å². The van der Waals surface area contributed by atoms with E-state index in [1.54, 1.807) is 23.9 Å². The van der Waals surface area contributed by atoms with Gasteiger partial charge in [-0.05, 0) is 18.1 Å². The van der Waals surface area contributed by atoms with E-state index < -0.39 is 0 Å². The van der Waals surface area contributed by atoms with Gasteiger partial charge in [-0.2, -0.15) is 0 Å². The van der Waals surface area contributed by atoms with Gasteiger partial charge in [-0.25, -0.2) is 15.0 Å². The largest absolute Gasteiger partial charge is 0.369 e. The van der Waals surface area contributed by atoms with Crippen LogP contribution in [0.1, 0.15) is 6.42 Å². The van der Waals surface area contributed by atoms with E-state index in [-0.39, 0.29) is 0 Å². The third-order valence-corrected chi connectivity index (χ3v) is 4.99.